The fraction of sp³-hybridized carbons (Fsp3) is 0.250. The molecule has 0 radical (unpaired) electrons. The van der Waals surface area contributed by atoms with E-state index in [9.17, 15) is 4.79 Å². The molecule has 24 heavy (non-hydrogen) atoms. The van der Waals surface area contributed by atoms with Gasteiger partial charge in [0.05, 0.1) is 24.5 Å². The summed E-state index contributed by atoms with van der Waals surface area (Å²) in [6.45, 7) is 2.79. The molecule has 3 heterocycles. The zero-order valence-electron chi connectivity index (χ0n) is 12.8. The van der Waals surface area contributed by atoms with Gasteiger partial charge in [-0.1, -0.05) is 12.1 Å². The number of hydrogen-bond donors (Lipinski definition) is 2. The van der Waals surface area contributed by atoms with Crippen LogP contribution in [0.5, 0.6) is 0 Å². The molecule has 0 spiro atoms. The number of ether oxygens (including phenoxy) is 1. The third kappa shape index (κ3) is 2.68. The highest BCUT2D eigenvalue weighted by Crippen LogP contribution is 2.41. The maximum atomic E-state index is 11.8. The van der Waals surface area contributed by atoms with Crippen LogP contribution in [0.15, 0.2) is 49.7 Å². The number of nitrogens with one attached hydrogen (secondary N) is 1. The molecular formula is C16H16N4O3S. The highest BCUT2D eigenvalue weighted by Gasteiger charge is 2.28. The van der Waals surface area contributed by atoms with Crippen molar-refractivity contribution < 1.29 is 13.9 Å². The number of carbonyl (C=O) groups is 1. The molecule has 0 unspecified atom stereocenters. The molecule has 124 valence electrons. The van der Waals surface area contributed by atoms with Crippen LogP contribution < -0.4 is 11.3 Å². The number of aliphatic imine (C=N–C) groups is 1. The quantitative estimate of drug-likeness (QED) is 0.465. The zero-order valence-corrected chi connectivity index (χ0v) is 13.6. The summed E-state index contributed by atoms with van der Waals surface area (Å²) in [4.78, 5) is 19.8. The minimum atomic E-state index is -0.460. The molecule has 3 N–H and O–H groups in total. The number of rotatable bonds is 1. The van der Waals surface area contributed by atoms with Crippen molar-refractivity contribution >= 4 is 29.2 Å². The van der Waals surface area contributed by atoms with Gasteiger partial charge in [0.15, 0.2) is 10.9 Å². The lowest BCUT2D eigenvalue weighted by Crippen LogP contribution is -2.41. The number of benzene rings is 1. The maximum absolute atomic E-state index is 11.8. The van der Waals surface area contributed by atoms with Gasteiger partial charge in [0.25, 0.3) is 0 Å². The van der Waals surface area contributed by atoms with E-state index in [4.69, 9.17) is 20.0 Å². The van der Waals surface area contributed by atoms with Crippen molar-refractivity contribution in [2.45, 2.75) is 9.99 Å². The van der Waals surface area contributed by atoms with Crippen LogP contribution in [0.2, 0.25) is 0 Å². The van der Waals surface area contributed by atoms with E-state index in [1.807, 2.05) is 24.3 Å². The number of carbonyl (C=O) groups excluding carboxylic acids is 1. The van der Waals surface area contributed by atoms with Crippen molar-refractivity contribution in [3.63, 3.8) is 0 Å². The summed E-state index contributed by atoms with van der Waals surface area (Å²) >= 11 is 1.46. The normalized spacial score (nSPS) is 16.7. The number of nitrogen functional groups attached to an aromatic ring is 1. The first kappa shape index (κ1) is 15.3. The van der Waals surface area contributed by atoms with E-state index in [-0.39, 0.29) is 5.76 Å². The molecule has 1 saturated heterocycles. The van der Waals surface area contributed by atoms with Gasteiger partial charge >= 0.3 is 5.91 Å². The molecule has 1 aromatic carbocycles. The number of fused-ring (bicyclic) bond motifs is 2. The topological polar surface area (TPSA) is 93.1 Å². The largest absolute Gasteiger partial charge is 0.443 e. The minimum absolute atomic E-state index is 0.176. The van der Waals surface area contributed by atoms with Crippen molar-refractivity contribution in [3.8, 4) is 0 Å². The Bertz CT molecular complexity index is 811. The van der Waals surface area contributed by atoms with Crippen molar-refractivity contribution in [1.29, 1.82) is 0 Å². The average molecular weight is 344 g/mol. The second kappa shape index (κ2) is 6.31. The number of furan rings is 1. The van der Waals surface area contributed by atoms with Crippen LogP contribution in [-0.4, -0.2) is 42.9 Å². The lowest BCUT2D eigenvalue weighted by Gasteiger charge is -2.29. The van der Waals surface area contributed by atoms with Crippen LogP contribution in [0.1, 0.15) is 16.1 Å². The molecule has 0 bridgehead atoms. The molecule has 0 saturated carbocycles. The van der Waals surface area contributed by atoms with Gasteiger partial charge in [-0.25, -0.2) is 10.8 Å². The van der Waals surface area contributed by atoms with Crippen LogP contribution in [0.3, 0.4) is 0 Å². The number of nitrogens with two attached hydrogens (primary N) is 1. The Morgan fingerprint density at radius 1 is 1.29 bits per heavy atom. The van der Waals surface area contributed by atoms with E-state index < -0.39 is 5.91 Å². The van der Waals surface area contributed by atoms with Gasteiger partial charge in [0.2, 0.25) is 0 Å². The van der Waals surface area contributed by atoms with Crippen LogP contribution >= 0.6 is 11.8 Å². The fourth-order valence-electron chi connectivity index (χ4n) is 2.72. The predicted octanol–water partition coefficient (Wildman–Crippen LogP) is 1.76. The molecule has 2 aliphatic heterocycles. The predicted molar refractivity (Wildman–Crippen MR) is 89.5 cm³/mol. The average Bonchev–Trinajstić information content (AvgIpc) is 2.98. The summed E-state index contributed by atoms with van der Waals surface area (Å²) in [5.74, 6) is 5.74. The summed E-state index contributed by atoms with van der Waals surface area (Å²) in [6, 6.07) is 9.57. The van der Waals surface area contributed by atoms with Crippen LogP contribution in [0.4, 0.5) is 5.69 Å². The Labute approximate surface area is 142 Å². The molecule has 7 nitrogen and oxygen atoms in total. The molecule has 8 heteroatoms. The highest BCUT2D eigenvalue weighted by atomic mass is 32.2. The molecule has 0 atom stereocenters. The molecule has 1 fully saturated rings. The van der Waals surface area contributed by atoms with Crippen LogP contribution in [0, 0.1) is 0 Å². The smallest absolute Gasteiger partial charge is 0.300 e. The number of nitrogens with zero attached hydrogens (tertiary/aromatic N) is 2. The van der Waals surface area contributed by atoms with Gasteiger partial charge in [0, 0.05) is 24.1 Å². The number of hydrazine groups is 1. The third-order valence-electron chi connectivity index (χ3n) is 3.90. The number of amidine groups is 1. The molecule has 1 aromatic heterocycles. The van der Waals surface area contributed by atoms with Gasteiger partial charge in [-0.05, 0) is 23.9 Å². The highest BCUT2D eigenvalue weighted by molar-refractivity contribution is 7.99. The first-order valence-corrected chi connectivity index (χ1v) is 8.41. The van der Waals surface area contributed by atoms with Crippen LogP contribution in [0.25, 0.3) is 0 Å². The zero-order chi connectivity index (χ0) is 16.5. The fourth-order valence-corrected chi connectivity index (χ4v) is 3.67. The summed E-state index contributed by atoms with van der Waals surface area (Å²) in [6.07, 6.45) is 0. The van der Waals surface area contributed by atoms with Crippen molar-refractivity contribution in [3.05, 3.63) is 41.7 Å². The summed E-state index contributed by atoms with van der Waals surface area (Å²) in [5, 5.41) is 0.642. The second-order valence-corrected chi connectivity index (χ2v) is 6.40. The van der Waals surface area contributed by atoms with Crippen molar-refractivity contribution in [2.24, 2.45) is 10.8 Å². The van der Waals surface area contributed by atoms with E-state index in [0.29, 0.717) is 18.3 Å². The van der Waals surface area contributed by atoms with Gasteiger partial charge < -0.3 is 14.1 Å². The molecule has 1 amide bonds. The Hall–Kier alpha value is -2.29. The van der Waals surface area contributed by atoms with Crippen LogP contribution in [-0.2, 0) is 4.74 Å². The molecule has 2 aliphatic rings. The molecule has 4 rings (SSSR count). The Morgan fingerprint density at radius 3 is 2.88 bits per heavy atom. The summed E-state index contributed by atoms with van der Waals surface area (Å²) in [5.41, 5.74) is 3.80. The van der Waals surface area contributed by atoms with Gasteiger partial charge in [-0.15, -0.1) is 0 Å². The van der Waals surface area contributed by atoms with Crippen molar-refractivity contribution in [2.75, 3.05) is 26.3 Å². The SMILES string of the molecule is NNC(=O)c1cc2c(o1)Sc1ccccc1N=C2N1CCOCC1. The number of morpholine rings is 1. The molecular weight excluding hydrogens is 328 g/mol. The van der Waals surface area contributed by atoms with Gasteiger partial charge in [-0.2, -0.15) is 0 Å². The van der Waals surface area contributed by atoms with E-state index >= 15 is 0 Å². The minimum Gasteiger partial charge on any atom is -0.443 e. The first-order chi connectivity index (χ1) is 11.8. The summed E-state index contributed by atoms with van der Waals surface area (Å²) in [7, 11) is 0. The lowest BCUT2D eigenvalue weighted by molar-refractivity contribution is 0.0682. The van der Waals surface area contributed by atoms with E-state index in [1.54, 1.807) is 6.07 Å². The van der Waals surface area contributed by atoms with Gasteiger partial charge in [0.1, 0.15) is 5.84 Å². The molecule has 0 aliphatic carbocycles. The lowest BCUT2D eigenvalue weighted by atomic mass is 10.2. The third-order valence-corrected chi connectivity index (χ3v) is 4.95. The second-order valence-electron chi connectivity index (χ2n) is 5.39. The maximum Gasteiger partial charge on any atom is 0.300 e. The van der Waals surface area contributed by atoms with Gasteiger partial charge in [-0.3, -0.25) is 10.2 Å². The summed E-state index contributed by atoms with van der Waals surface area (Å²) < 4.78 is 11.2. The Morgan fingerprint density at radius 2 is 2.08 bits per heavy atom. The Kier molecular flexibility index (Phi) is 4.01. The monoisotopic (exact) mass is 344 g/mol. The first-order valence-electron chi connectivity index (χ1n) is 7.59. The van der Waals surface area contributed by atoms with E-state index in [0.717, 1.165) is 35.1 Å². The van der Waals surface area contributed by atoms with E-state index in [2.05, 4.69) is 10.3 Å². The Balaban J connectivity index is 1.84. The number of para-hydroxylation sites is 1. The standard InChI is InChI=1S/C16H16N4O3S/c17-19-15(21)12-9-10-14(20-5-7-22-8-6-20)18-11-3-1-2-4-13(11)24-16(10)23-12/h1-4,9H,5-8,17H2,(H,19,21). The number of hydrogen-bond acceptors (Lipinski definition) is 7. The molecule has 2 aromatic rings. The van der Waals surface area contributed by atoms with E-state index in [1.165, 1.54) is 11.8 Å². The number of amides is 1. The van der Waals surface area contributed by atoms with Crippen molar-refractivity contribution in [1.82, 2.24) is 10.3 Å².